The van der Waals surface area contributed by atoms with Crippen LogP contribution in [0.5, 0.6) is 0 Å². The van der Waals surface area contributed by atoms with Crippen LogP contribution in [-0.2, 0) is 10.2 Å². The van der Waals surface area contributed by atoms with Crippen LogP contribution >= 0.6 is 0 Å². The molecule has 4 nitrogen and oxygen atoms in total. The lowest BCUT2D eigenvalue weighted by molar-refractivity contribution is -0.139. The zero-order valence-electron chi connectivity index (χ0n) is 12.2. The Kier molecular flexibility index (Phi) is 5.51. The van der Waals surface area contributed by atoms with E-state index in [-0.39, 0.29) is 5.41 Å². The van der Waals surface area contributed by atoms with Crippen molar-refractivity contribution < 1.29 is 9.90 Å². The third-order valence-electron chi connectivity index (χ3n) is 3.40. The Morgan fingerprint density at radius 2 is 1.89 bits per heavy atom. The number of nitrogens with one attached hydrogen (secondary N) is 2. The topological polar surface area (TPSA) is 61.4 Å². The molecular weight excluding hydrogens is 240 g/mol. The molecule has 0 saturated heterocycles. The van der Waals surface area contributed by atoms with Crippen LogP contribution in [0.2, 0.25) is 0 Å². The minimum Gasteiger partial charge on any atom is -0.480 e. The van der Waals surface area contributed by atoms with E-state index in [2.05, 4.69) is 55.7 Å². The first-order valence-corrected chi connectivity index (χ1v) is 6.55. The monoisotopic (exact) mass is 264 g/mol. The predicted molar refractivity (Wildman–Crippen MR) is 77.6 cm³/mol. The summed E-state index contributed by atoms with van der Waals surface area (Å²) in [6, 6.07) is 7.91. The quantitative estimate of drug-likeness (QED) is 0.699. The Balaban J connectivity index is 2.55. The molecule has 1 unspecified atom stereocenters. The minimum absolute atomic E-state index is 0.0233. The van der Waals surface area contributed by atoms with Crippen LogP contribution in [0, 0.1) is 6.92 Å². The fraction of sp³-hybridized carbons (Fsp3) is 0.533. The normalized spacial score (nSPS) is 13.3. The number of hydrogen-bond donors (Lipinski definition) is 3. The smallest absolute Gasteiger partial charge is 0.322 e. The number of carbonyl (C=O) groups is 1. The van der Waals surface area contributed by atoms with Gasteiger partial charge in [-0.3, -0.25) is 4.79 Å². The average Bonchev–Trinajstić information content (AvgIpc) is 2.34. The van der Waals surface area contributed by atoms with E-state index in [1.165, 1.54) is 11.1 Å². The molecule has 0 saturated carbocycles. The van der Waals surface area contributed by atoms with E-state index in [4.69, 9.17) is 5.11 Å². The van der Waals surface area contributed by atoms with Gasteiger partial charge in [0.1, 0.15) is 6.04 Å². The summed E-state index contributed by atoms with van der Waals surface area (Å²) in [5, 5.41) is 14.9. The van der Waals surface area contributed by atoms with Gasteiger partial charge in [-0.2, -0.15) is 0 Å². The molecule has 0 spiro atoms. The first kappa shape index (κ1) is 15.7. The summed E-state index contributed by atoms with van der Waals surface area (Å²) in [5.74, 6) is -0.830. The molecular formula is C15H24N2O2. The first-order chi connectivity index (χ1) is 8.86. The van der Waals surface area contributed by atoms with Gasteiger partial charge in [0.15, 0.2) is 0 Å². The van der Waals surface area contributed by atoms with Crippen molar-refractivity contribution >= 4 is 5.97 Å². The number of hydrogen-bond acceptors (Lipinski definition) is 3. The third-order valence-corrected chi connectivity index (χ3v) is 3.40. The first-order valence-electron chi connectivity index (χ1n) is 6.55. The Morgan fingerprint density at radius 1 is 1.32 bits per heavy atom. The Morgan fingerprint density at radius 3 is 2.37 bits per heavy atom. The van der Waals surface area contributed by atoms with Gasteiger partial charge in [0, 0.05) is 18.5 Å². The average molecular weight is 264 g/mol. The summed E-state index contributed by atoms with van der Waals surface area (Å²) < 4.78 is 0. The summed E-state index contributed by atoms with van der Waals surface area (Å²) in [5.41, 5.74) is 2.47. The number of likely N-dealkylation sites (N-methyl/N-ethyl adjacent to an activating group) is 1. The van der Waals surface area contributed by atoms with Gasteiger partial charge < -0.3 is 15.7 Å². The zero-order valence-corrected chi connectivity index (χ0v) is 12.2. The van der Waals surface area contributed by atoms with Crippen LogP contribution in [0.25, 0.3) is 0 Å². The molecule has 0 aliphatic heterocycles. The number of carboxylic acid groups (broad SMARTS) is 1. The van der Waals surface area contributed by atoms with Gasteiger partial charge >= 0.3 is 5.97 Å². The molecule has 3 N–H and O–H groups in total. The fourth-order valence-corrected chi connectivity index (χ4v) is 1.95. The second-order valence-corrected chi connectivity index (χ2v) is 5.56. The van der Waals surface area contributed by atoms with Crippen molar-refractivity contribution in [3.05, 3.63) is 35.4 Å². The summed E-state index contributed by atoms with van der Waals surface area (Å²) >= 11 is 0. The molecule has 1 rings (SSSR count). The molecule has 1 aromatic carbocycles. The van der Waals surface area contributed by atoms with Crippen LogP contribution in [-0.4, -0.2) is 37.3 Å². The third kappa shape index (κ3) is 4.65. The summed E-state index contributed by atoms with van der Waals surface area (Å²) in [4.78, 5) is 10.9. The van der Waals surface area contributed by atoms with E-state index in [0.717, 1.165) is 6.54 Å². The fourth-order valence-electron chi connectivity index (χ4n) is 1.95. The Hall–Kier alpha value is -1.39. The number of aryl methyl sites for hydroxylation is 1. The van der Waals surface area contributed by atoms with Crippen LogP contribution in [0.15, 0.2) is 24.3 Å². The SMILES string of the molecule is CNC(CNCC(C)(C)c1ccc(C)cc1)C(=O)O. The van der Waals surface area contributed by atoms with Crippen molar-refractivity contribution in [3.8, 4) is 0 Å². The number of rotatable bonds is 7. The predicted octanol–water partition coefficient (Wildman–Crippen LogP) is 1.53. The maximum Gasteiger partial charge on any atom is 0.322 e. The van der Waals surface area contributed by atoms with Crippen LogP contribution < -0.4 is 10.6 Å². The van der Waals surface area contributed by atoms with E-state index < -0.39 is 12.0 Å². The number of carboxylic acids is 1. The minimum atomic E-state index is -0.830. The molecule has 0 heterocycles. The highest BCUT2D eigenvalue weighted by atomic mass is 16.4. The molecule has 0 radical (unpaired) electrons. The molecule has 4 heteroatoms. The standard InChI is InChI=1S/C15H24N2O2/c1-11-5-7-12(8-6-11)15(2,3)10-17-9-13(16-4)14(18)19/h5-8,13,16-17H,9-10H2,1-4H3,(H,18,19). The van der Waals surface area contributed by atoms with Gasteiger partial charge in [0.25, 0.3) is 0 Å². The van der Waals surface area contributed by atoms with Crippen LogP contribution in [0.1, 0.15) is 25.0 Å². The molecule has 1 aromatic rings. The molecule has 0 fully saturated rings. The second kappa shape index (κ2) is 6.68. The van der Waals surface area contributed by atoms with Gasteiger partial charge in [-0.1, -0.05) is 43.7 Å². The molecule has 106 valence electrons. The van der Waals surface area contributed by atoms with Gasteiger partial charge in [-0.25, -0.2) is 0 Å². The highest BCUT2D eigenvalue weighted by molar-refractivity contribution is 5.73. The molecule has 0 aliphatic rings. The zero-order chi connectivity index (χ0) is 14.5. The lowest BCUT2D eigenvalue weighted by atomic mass is 9.84. The molecule has 19 heavy (non-hydrogen) atoms. The number of benzene rings is 1. The molecule has 0 amide bonds. The van der Waals surface area contributed by atoms with E-state index >= 15 is 0 Å². The summed E-state index contributed by atoms with van der Waals surface area (Å²) in [7, 11) is 1.66. The molecule has 1 atom stereocenters. The van der Waals surface area contributed by atoms with Gasteiger partial charge in [0.05, 0.1) is 0 Å². The van der Waals surface area contributed by atoms with Gasteiger partial charge in [-0.05, 0) is 19.5 Å². The highest BCUT2D eigenvalue weighted by Gasteiger charge is 2.21. The van der Waals surface area contributed by atoms with E-state index in [1.54, 1.807) is 7.05 Å². The van der Waals surface area contributed by atoms with Crippen molar-refractivity contribution in [2.45, 2.75) is 32.2 Å². The van der Waals surface area contributed by atoms with Crippen molar-refractivity contribution in [2.24, 2.45) is 0 Å². The molecule has 0 aromatic heterocycles. The maximum atomic E-state index is 10.9. The van der Waals surface area contributed by atoms with E-state index in [1.807, 2.05) is 0 Å². The van der Waals surface area contributed by atoms with Crippen LogP contribution in [0.3, 0.4) is 0 Å². The Labute approximate surface area is 115 Å². The largest absolute Gasteiger partial charge is 0.480 e. The van der Waals surface area contributed by atoms with Crippen molar-refractivity contribution in [2.75, 3.05) is 20.1 Å². The van der Waals surface area contributed by atoms with Gasteiger partial charge in [-0.15, -0.1) is 0 Å². The lowest BCUT2D eigenvalue weighted by Crippen LogP contribution is -2.45. The lowest BCUT2D eigenvalue weighted by Gasteiger charge is -2.26. The maximum absolute atomic E-state index is 10.9. The summed E-state index contributed by atoms with van der Waals surface area (Å²) in [6.07, 6.45) is 0. The molecule has 0 aliphatic carbocycles. The van der Waals surface area contributed by atoms with Gasteiger partial charge in [0.2, 0.25) is 0 Å². The number of aliphatic carboxylic acids is 1. The van der Waals surface area contributed by atoms with E-state index in [9.17, 15) is 4.79 Å². The van der Waals surface area contributed by atoms with Crippen LogP contribution in [0.4, 0.5) is 0 Å². The van der Waals surface area contributed by atoms with Crippen molar-refractivity contribution in [1.29, 1.82) is 0 Å². The van der Waals surface area contributed by atoms with Crippen molar-refractivity contribution in [3.63, 3.8) is 0 Å². The molecule has 0 bridgehead atoms. The Bertz CT molecular complexity index is 413. The van der Waals surface area contributed by atoms with E-state index in [0.29, 0.717) is 6.54 Å². The second-order valence-electron chi connectivity index (χ2n) is 5.56. The summed E-state index contributed by atoms with van der Waals surface area (Å²) in [6.45, 7) is 7.53. The van der Waals surface area contributed by atoms with Crippen molar-refractivity contribution in [1.82, 2.24) is 10.6 Å². The highest BCUT2D eigenvalue weighted by Crippen LogP contribution is 2.22.